The van der Waals surface area contributed by atoms with Gasteiger partial charge in [-0.2, -0.15) is 0 Å². The predicted octanol–water partition coefficient (Wildman–Crippen LogP) is 2.59. The van der Waals surface area contributed by atoms with Crippen LogP contribution in [-0.2, 0) is 4.74 Å². The number of nitrogens with one attached hydrogen (secondary N) is 3. The third-order valence-corrected chi connectivity index (χ3v) is 5.16. The van der Waals surface area contributed by atoms with Crippen LogP contribution in [0.3, 0.4) is 0 Å². The number of nitrogens with zero attached hydrogens (tertiary/aromatic N) is 1. The van der Waals surface area contributed by atoms with Crippen molar-refractivity contribution in [3.63, 3.8) is 0 Å². The Morgan fingerprint density at radius 2 is 1.87 bits per heavy atom. The van der Waals surface area contributed by atoms with Crippen molar-refractivity contribution in [1.29, 1.82) is 0 Å². The zero-order chi connectivity index (χ0) is 21.3. The zero-order valence-corrected chi connectivity index (χ0v) is 17.1. The molecule has 2 aromatic rings. The quantitative estimate of drug-likeness (QED) is 0.537. The maximum atomic E-state index is 12.3. The SMILES string of the molecule is O=C(NCC[C@H]1CC[C@H](NC(=O)c2ccncc2)[C@@H](CO)O1)Nc1ccc(Cl)cc1. The Bertz CT molecular complexity index is 835. The first-order valence-corrected chi connectivity index (χ1v) is 10.2. The lowest BCUT2D eigenvalue weighted by Crippen LogP contribution is -2.51. The predicted molar refractivity (Wildman–Crippen MR) is 114 cm³/mol. The number of anilines is 1. The summed E-state index contributed by atoms with van der Waals surface area (Å²) in [4.78, 5) is 28.2. The summed E-state index contributed by atoms with van der Waals surface area (Å²) in [7, 11) is 0. The average molecular weight is 433 g/mol. The molecule has 3 rings (SSSR count). The number of carbonyl (C=O) groups is 2. The number of rotatable bonds is 7. The van der Waals surface area contributed by atoms with Crippen LogP contribution in [0, 0.1) is 0 Å². The van der Waals surface area contributed by atoms with Crippen molar-refractivity contribution >= 4 is 29.2 Å². The highest BCUT2D eigenvalue weighted by Gasteiger charge is 2.31. The lowest BCUT2D eigenvalue weighted by Gasteiger charge is -2.36. The highest BCUT2D eigenvalue weighted by Crippen LogP contribution is 2.22. The molecule has 2 heterocycles. The van der Waals surface area contributed by atoms with Crippen molar-refractivity contribution < 1.29 is 19.4 Å². The van der Waals surface area contributed by atoms with Gasteiger partial charge in [0.15, 0.2) is 0 Å². The van der Waals surface area contributed by atoms with Gasteiger partial charge in [-0.15, -0.1) is 0 Å². The summed E-state index contributed by atoms with van der Waals surface area (Å²) in [6, 6.07) is 9.53. The van der Waals surface area contributed by atoms with E-state index in [1.807, 2.05) is 0 Å². The summed E-state index contributed by atoms with van der Waals surface area (Å²) in [5.41, 5.74) is 1.17. The number of hydrogen-bond donors (Lipinski definition) is 4. The van der Waals surface area contributed by atoms with Crippen LogP contribution in [0.4, 0.5) is 10.5 Å². The van der Waals surface area contributed by atoms with Gasteiger partial charge >= 0.3 is 6.03 Å². The molecule has 9 heteroatoms. The number of benzene rings is 1. The van der Waals surface area contributed by atoms with Gasteiger partial charge in [-0.1, -0.05) is 11.6 Å². The van der Waals surface area contributed by atoms with E-state index in [2.05, 4.69) is 20.9 Å². The number of amides is 3. The lowest BCUT2D eigenvalue weighted by molar-refractivity contribution is -0.0892. The standard InChI is InChI=1S/C21H25ClN4O4/c22-15-1-3-16(4-2-15)25-21(29)24-12-9-17-5-6-18(19(13-27)30-17)26-20(28)14-7-10-23-11-8-14/h1-4,7-8,10-11,17-19,27H,5-6,9,12-13H2,(H,26,28)(H2,24,25,29)/t17-,18+,19-/m1/s1. The molecule has 1 aromatic heterocycles. The van der Waals surface area contributed by atoms with Crippen molar-refractivity contribution in [2.75, 3.05) is 18.5 Å². The molecule has 1 saturated heterocycles. The number of aliphatic hydroxyl groups is 1. The first-order chi connectivity index (χ1) is 14.5. The highest BCUT2D eigenvalue weighted by molar-refractivity contribution is 6.30. The van der Waals surface area contributed by atoms with E-state index >= 15 is 0 Å². The highest BCUT2D eigenvalue weighted by atomic mass is 35.5. The van der Waals surface area contributed by atoms with Gasteiger partial charge in [0.05, 0.1) is 18.8 Å². The van der Waals surface area contributed by atoms with Crippen LogP contribution in [0.1, 0.15) is 29.6 Å². The summed E-state index contributed by atoms with van der Waals surface area (Å²) >= 11 is 5.83. The Morgan fingerprint density at radius 1 is 1.13 bits per heavy atom. The second kappa shape index (κ2) is 10.9. The van der Waals surface area contributed by atoms with E-state index in [9.17, 15) is 14.7 Å². The fourth-order valence-corrected chi connectivity index (χ4v) is 3.45. The van der Waals surface area contributed by atoms with Crippen molar-refractivity contribution in [2.45, 2.75) is 37.5 Å². The molecule has 8 nitrogen and oxygen atoms in total. The van der Waals surface area contributed by atoms with E-state index in [1.165, 1.54) is 0 Å². The molecule has 160 valence electrons. The van der Waals surface area contributed by atoms with E-state index in [0.717, 1.165) is 6.42 Å². The van der Waals surface area contributed by atoms with Gasteiger partial charge < -0.3 is 25.8 Å². The van der Waals surface area contributed by atoms with Crippen LogP contribution in [0.5, 0.6) is 0 Å². The summed E-state index contributed by atoms with van der Waals surface area (Å²) in [6.07, 6.45) is 4.53. The Kier molecular flexibility index (Phi) is 8.01. The largest absolute Gasteiger partial charge is 0.394 e. The normalized spacial score (nSPS) is 20.9. The maximum absolute atomic E-state index is 12.3. The topological polar surface area (TPSA) is 113 Å². The number of halogens is 1. The molecular formula is C21H25ClN4O4. The van der Waals surface area contributed by atoms with E-state index in [4.69, 9.17) is 16.3 Å². The van der Waals surface area contributed by atoms with Crippen LogP contribution in [-0.4, -0.2) is 53.4 Å². The van der Waals surface area contributed by atoms with Crippen molar-refractivity contribution in [2.24, 2.45) is 0 Å². The minimum absolute atomic E-state index is 0.105. The number of hydrogen-bond acceptors (Lipinski definition) is 5. The summed E-state index contributed by atoms with van der Waals surface area (Å²) in [6.45, 7) is 0.235. The minimum atomic E-state index is -0.488. The van der Waals surface area contributed by atoms with Crippen LogP contribution in [0.2, 0.25) is 5.02 Å². The number of aromatic nitrogens is 1. The first-order valence-electron chi connectivity index (χ1n) is 9.83. The third kappa shape index (κ3) is 6.41. The van der Waals surface area contributed by atoms with Gasteiger partial charge in [0.25, 0.3) is 5.91 Å². The van der Waals surface area contributed by atoms with E-state index < -0.39 is 6.10 Å². The van der Waals surface area contributed by atoms with Crippen LogP contribution >= 0.6 is 11.6 Å². The van der Waals surface area contributed by atoms with E-state index in [0.29, 0.717) is 35.7 Å². The smallest absolute Gasteiger partial charge is 0.319 e. The van der Waals surface area contributed by atoms with Gasteiger partial charge in [-0.3, -0.25) is 9.78 Å². The van der Waals surface area contributed by atoms with Gasteiger partial charge in [0, 0.05) is 35.2 Å². The molecule has 4 N–H and O–H groups in total. The molecule has 0 aliphatic carbocycles. The molecule has 0 spiro atoms. The number of ether oxygens (including phenoxy) is 1. The molecule has 30 heavy (non-hydrogen) atoms. The van der Waals surface area contributed by atoms with Crippen molar-refractivity contribution in [1.82, 2.24) is 15.6 Å². The van der Waals surface area contributed by atoms with Crippen LogP contribution in [0.15, 0.2) is 48.8 Å². The maximum Gasteiger partial charge on any atom is 0.319 e. The van der Waals surface area contributed by atoms with Gasteiger partial charge in [0.2, 0.25) is 0 Å². The van der Waals surface area contributed by atoms with Crippen LogP contribution in [0.25, 0.3) is 0 Å². The molecule has 0 radical (unpaired) electrons. The molecule has 3 atom stereocenters. The Labute approximate surface area is 180 Å². The molecule has 1 aromatic carbocycles. The molecule has 0 saturated carbocycles. The summed E-state index contributed by atoms with van der Waals surface area (Å²) in [5.74, 6) is -0.219. The second-order valence-electron chi connectivity index (χ2n) is 7.05. The number of urea groups is 1. The first kappa shape index (κ1) is 22.0. The molecule has 3 amide bonds. The minimum Gasteiger partial charge on any atom is -0.394 e. The van der Waals surface area contributed by atoms with Crippen LogP contribution < -0.4 is 16.0 Å². The number of carbonyl (C=O) groups excluding carboxylic acids is 2. The van der Waals surface area contributed by atoms with Gasteiger partial charge in [-0.05, 0) is 55.7 Å². The Morgan fingerprint density at radius 3 is 2.57 bits per heavy atom. The summed E-state index contributed by atoms with van der Waals surface area (Å²) in [5, 5.41) is 18.7. The summed E-state index contributed by atoms with van der Waals surface area (Å²) < 4.78 is 5.93. The van der Waals surface area contributed by atoms with Crippen molar-refractivity contribution in [3.05, 3.63) is 59.4 Å². The zero-order valence-electron chi connectivity index (χ0n) is 16.4. The third-order valence-electron chi connectivity index (χ3n) is 4.91. The lowest BCUT2D eigenvalue weighted by atomic mass is 9.97. The second-order valence-corrected chi connectivity index (χ2v) is 7.49. The Balaban J connectivity index is 1.40. The fraction of sp³-hybridized carbons (Fsp3) is 0.381. The molecule has 1 aliphatic heterocycles. The average Bonchev–Trinajstić information content (AvgIpc) is 2.77. The number of aliphatic hydroxyl groups excluding tert-OH is 1. The molecular weight excluding hydrogens is 408 g/mol. The monoisotopic (exact) mass is 432 g/mol. The van der Waals surface area contributed by atoms with E-state index in [-0.39, 0.29) is 30.7 Å². The molecule has 1 aliphatic rings. The van der Waals surface area contributed by atoms with E-state index in [1.54, 1.807) is 48.8 Å². The Hall–Kier alpha value is -2.68. The fourth-order valence-electron chi connectivity index (χ4n) is 3.32. The number of pyridine rings is 1. The van der Waals surface area contributed by atoms with Gasteiger partial charge in [-0.25, -0.2) is 4.79 Å². The van der Waals surface area contributed by atoms with Gasteiger partial charge in [0.1, 0.15) is 6.10 Å². The molecule has 0 unspecified atom stereocenters. The molecule has 0 bridgehead atoms. The van der Waals surface area contributed by atoms with Crippen molar-refractivity contribution in [3.8, 4) is 0 Å². The molecule has 1 fully saturated rings.